The van der Waals surface area contributed by atoms with Crippen LogP contribution in [-0.4, -0.2) is 52.9 Å². The molecule has 2 aliphatic rings. The quantitative estimate of drug-likeness (QED) is 0.892. The average Bonchev–Trinajstić information content (AvgIpc) is 2.67. The standard InChI is InChI=1S/C18H19N5O2/c24-17-11-14(13-3-1-2-4-15(13)21-17)18(25)23-9-7-22(8-10-23)16-12-19-5-6-20-16/h1-6,12,14H,7-11H2,(H,21,24). The summed E-state index contributed by atoms with van der Waals surface area (Å²) in [7, 11) is 0. The van der Waals surface area contributed by atoms with Crippen LogP contribution in [0.25, 0.3) is 0 Å². The number of carbonyl (C=O) groups is 2. The average molecular weight is 337 g/mol. The molecule has 1 unspecified atom stereocenters. The first kappa shape index (κ1) is 15.6. The Morgan fingerprint density at radius 2 is 1.92 bits per heavy atom. The second-order valence-electron chi connectivity index (χ2n) is 6.27. The number of nitrogens with one attached hydrogen (secondary N) is 1. The van der Waals surface area contributed by atoms with Gasteiger partial charge in [-0.1, -0.05) is 18.2 Å². The van der Waals surface area contributed by atoms with Gasteiger partial charge in [0.1, 0.15) is 5.82 Å². The number of carbonyl (C=O) groups excluding carboxylic acids is 2. The SMILES string of the molecule is O=C1CC(C(=O)N2CCN(c3cnccn3)CC2)c2ccccc2N1. The number of piperazine rings is 1. The number of hydrogen-bond acceptors (Lipinski definition) is 5. The van der Waals surface area contributed by atoms with E-state index in [1.54, 1.807) is 18.6 Å². The van der Waals surface area contributed by atoms with Crippen LogP contribution in [0.4, 0.5) is 11.5 Å². The highest BCUT2D eigenvalue weighted by Gasteiger charge is 2.34. The number of aromatic nitrogens is 2. The predicted octanol–water partition coefficient (Wildman–Crippen LogP) is 1.25. The van der Waals surface area contributed by atoms with Gasteiger partial charge in [0.15, 0.2) is 0 Å². The lowest BCUT2D eigenvalue weighted by atomic mass is 9.89. The van der Waals surface area contributed by atoms with Gasteiger partial charge in [0.25, 0.3) is 0 Å². The van der Waals surface area contributed by atoms with Crippen molar-refractivity contribution in [3.63, 3.8) is 0 Å². The second-order valence-corrected chi connectivity index (χ2v) is 6.27. The molecule has 1 fully saturated rings. The largest absolute Gasteiger partial charge is 0.352 e. The first-order valence-electron chi connectivity index (χ1n) is 8.41. The van der Waals surface area contributed by atoms with Crippen LogP contribution in [0.2, 0.25) is 0 Å². The van der Waals surface area contributed by atoms with Gasteiger partial charge in [-0.3, -0.25) is 14.6 Å². The van der Waals surface area contributed by atoms with E-state index in [0.717, 1.165) is 17.1 Å². The lowest BCUT2D eigenvalue weighted by Crippen LogP contribution is -2.51. The third-order valence-corrected chi connectivity index (χ3v) is 4.76. The summed E-state index contributed by atoms with van der Waals surface area (Å²) in [5.41, 5.74) is 1.65. The molecule has 0 aliphatic carbocycles. The zero-order chi connectivity index (χ0) is 17.2. The number of benzene rings is 1. The summed E-state index contributed by atoms with van der Waals surface area (Å²) in [6.45, 7) is 2.67. The van der Waals surface area contributed by atoms with E-state index in [0.29, 0.717) is 26.2 Å². The van der Waals surface area contributed by atoms with Gasteiger partial charge in [-0.25, -0.2) is 4.98 Å². The zero-order valence-electron chi connectivity index (χ0n) is 13.8. The van der Waals surface area contributed by atoms with Gasteiger partial charge >= 0.3 is 0 Å². The Labute approximate surface area is 145 Å². The number of para-hydroxylation sites is 1. The smallest absolute Gasteiger partial charge is 0.230 e. The minimum Gasteiger partial charge on any atom is -0.352 e. The molecule has 7 heteroatoms. The maximum Gasteiger partial charge on any atom is 0.230 e. The number of amides is 2. The van der Waals surface area contributed by atoms with Crippen LogP contribution in [0.5, 0.6) is 0 Å². The van der Waals surface area contributed by atoms with Crippen molar-refractivity contribution >= 4 is 23.3 Å². The van der Waals surface area contributed by atoms with Crippen molar-refractivity contribution in [2.24, 2.45) is 0 Å². The van der Waals surface area contributed by atoms with E-state index in [2.05, 4.69) is 20.2 Å². The molecule has 1 aromatic heterocycles. The lowest BCUT2D eigenvalue weighted by molar-refractivity contribution is -0.135. The van der Waals surface area contributed by atoms with Crippen molar-refractivity contribution < 1.29 is 9.59 Å². The summed E-state index contributed by atoms with van der Waals surface area (Å²) in [5, 5.41) is 2.84. The van der Waals surface area contributed by atoms with Crippen LogP contribution >= 0.6 is 0 Å². The van der Waals surface area contributed by atoms with Crippen LogP contribution in [0.15, 0.2) is 42.9 Å². The predicted molar refractivity (Wildman–Crippen MR) is 93.3 cm³/mol. The maximum absolute atomic E-state index is 13.0. The van der Waals surface area contributed by atoms with Gasteiger partial charge in [-0.2, -0.15) is 0 Å². The Morgan fingerprint density at radius 3 is 2.68 bits per heavy atom. The highest BCUT2D eigenvalue weighted by molar-refractivity contribution is 6.01. The fraction of sp³-hybridized carbons (Fsp3) is 0.333. The number of hydrogen-bond donors (Lipinski definition) is 1. The molecular weight excluding hydrogens is 318 g/mol. The van der Waals surface area contributed by atoms with Gasteiger partial charge in [0, 0.05) is 50.7 Å². The lowest BCUT2D eigenvalue weighted by Gasteiger charge is -2.37. The van der Waals surface area contributed by atoms with Gasteiger partial charge in [0.2, 0.25) is 11.8 Å². The van der Waals surface area contributed by atoms with Crippen molar-refractivity contribution in [3.8, 4) is 0 Å². The Bertz CT molecular complexity index is 787. The minimum atomic E-state index is -0.395. The van der Waals surface area contributed by atoms with Crippen molar-refractivity contribution in [1.29, 1.82) is 0 Å². The molecule has 7 nitrogen and oxygen atoms in total. The van der Waals surface area contributed by atoms with E-state index in [-0.39, 0.29) is 18.2 Å². The Morgan fingerprint density at radius 1 is 1.12 bits per heavy atom. The summed E-state index contributed by atoms with van der Waals surface area (Å²) < 4.78 is 0. The zero-order valence-corrected chi connectivity index (χ0v) is 13.8. The summed E-state index contributed by atoms with van der Waals surface area (Å²) >= 11 is 0. The third-order valence-electron chi connectivity index (χ3n) is 4.76. The molecule has 25 heavy (non-hydrogen) atoms. The van der Waals surface area contributed by atoms with E-state index in [9.17, 15) is 9.59 Å². The van der Waals surface area contributed by atoms with Crippen LogP contribution in [0.3, 0.4) is 0 Å². The molecule has 3 heterocycles. The summed E-state index contributed by atoms with van der Waals surface area (Å²) in [4.78, 5) is 37.3. The molecule has 0 spiro atoms. The molecule has 2 aliphatic heterocycles. The number of anilines is 2. The highest BCUT2D eigenvalue weighted by Crippen LogP contribution is 2.33. The first-order valence-corrected chi connectivity index (χ1v) is 8.41. The fourth-order valence-corrected chi connectivity index (χ4v) is 3.46. The molecule has 2 aromatic rings. The molecule has 1 saturated heterocycles. The minimum absolute atomic E-state index is 0.0288. The van der Waals surface area contributed by atoms with Crippen LogP contribution in [0.1, 0.15) is 17.9 Å². The van der Waals surface area contributed by atoms with Crippen LogP contribution in [-0.2, 0) is 9.59 Å². The Hall–Kier alpha value is -2.96. The monoisotopic (exact) mass is 337 g/mol. The molecule has 0 saturated carbocycles. The number of rotatable bonds is 2. The molecule has 1 atom stereocenters. The Kier molecular flexibility index (Phi) is 4.05. The molecule has 128 valence electrons. The summed E-state index contributed by atoms with van der Waals surface area (Å²) in [5.74, 6) is 0.362. The van der Waals surface area contributed by atoms with E-state index < -0.39 is 5.92 Å². The normalized spacial score (nSPS) is 20.0. The van der Waals surface area contributed by atoms with Crippen molar-refractivity contribution in [2.75, 3.05) is 36.4 Å². The molecule has 0 radical (unpaired) electrons. The first-order chi connectivity index (χ1) is 12.2. The van der Waals surface area contributed by atoms with E-state index >= 15 is 0 Å². The molecule has 2 amide bonds. The molecule has 0 bridgehead atoms. The van der Waals surface area contributed by atoms with Gasteiger partial charge in [0.05, 0.1) is 12.1 Å². The van der Waals surface area contributed by atoms with Crippen molar-refractivity contribution in [2.45, 2.75) is 12.3 Å². The van der Waals surface area contributed by atoms with E-state index in [4.69, 9.17) is 0 Å². The van der Waals surface area contributed by atoms with Gasteiger partial charge in [-0.05, 0) is 11.6 Å². The topological polar surface area (TPSA) is 78.4 Å². The van der Waals surface area contributed by atoms with Crippen LogP contribution in [0, 0.1) is 0 Å². The number of fused-ring (bicyclic) bond motifs is 1. The van der Waals surface area contributed by atoms with Crippen molar-refractivity contribution in [1.82, 2.24) is 14.9 Å². The molecular formula is C18H19N5O2. The van der Waals surface area contributed by atoms with Gasteiger partial charge < -0.3 is 15.1 Å². The highest BCUT2D eigenvalue weighted by atomic mass is 16.2. The van der Waals surface area contributed by atoms with Gasteiger partial charge in [-0.15, -0.1) is 0 Å². The Balaban J connectivity index is 1.47. The fourth-order valence-electron chi connectivity index (χ4n) is 3.46. The molecule has 4 rings (SSSR count). The summed E-state index contributed by atoms with van der Waals surface area (Å²) in [6.07, 6.45) is 5.26. The summed E-state index contributed by atoms with van der Waals surface area (Å²) in [6, 6.07) is 7.54. The van der Waals surface area contributed by atoms with E-state index in [1.165, 1.54) is 0 Å². The number of nitrogens with zero attached hydrogens (tertiary/aromatic N) is 4. The molecule has 1 N–H and O–H groups in total. The third kappa shape index (κ3) is 3.05. The van der Waals surface area contributed by atoms with Crippen molar-refractivity contribution in [3.05, 3.63) is 48.4 Å². The van der Waals surface area contributed by atoms with E-state index in [1.807, 2.05) is 29.2 Å². The second kappa shape index (κ2) is 6.51. The van der Waals surface area contributed by atoms with Crippen LogP contribution < -0.4 is 10.2 Å². The molecule has 1 aromatic carbocycles. The maximum atomic E-state index is 13.0.